The van der Waals surface area contributed by atoms with E-state index in [9.17, 15) is 4.79 Å². The quantitative estimate of drug-likeness (QED) is 0.781. The number of rotatable bonds is 3. The summed E-state index contributed by atoms with van der Waals surface area (Å²) in [5.41, 5.74) is 1.72. The lowest BCUT2D eigenvalue weighted by atomic mass is 9.70. The number of allylic oxidation sites excluding steroid dienone is 3. The van der Waals surface area contributed by atoms with Crippen LogP contribution in [0, 0.1) is 5.41 Å². The van der Waals surface area contributed by atoms with Crippen LogP contribution in [-0.4, -0.2) is 25.5 Å². The molecule has 0 aromatic carbocycles. The van der Waals surface area contributed by atoms with E-state index in [0.717, 1.165) is 45.3 Å². The highest BCUT2D eigenvalue weighted by atomic mass is 16.1. The van der Waals surface area contributed by atoms with Gasteiger partial charge in [0.25, 0.3) is 0 Å². The molecule has 2 aliphatic rings. The molecule has 0 bridgehead atoms. The van der Waals surface area contributed by atoms with Gasteiger partial charge in [0, 0.05) is 18.9 Å². The van der Waals surface area contributed by atoms with E-state index in [1.54, 1.807) is 6.92 Å². The second-order valence-corrected chi connectivity index (χ2v) is 5.10. The Morgan fingerprint density at radius 1 is 1.47 bits per heavy atom. The first-order valence-electron chi connectivity index (χ1n) is 6.54. The molecule has 1 fully saturated rings. The van der Waals surface area contributed by atoms with E-state index < -0.39 is 0 Å². The summed E-state index contributed by atoms with van der Waals surface area (Å²) in [5.74, 6) is 0.0786. The normalized spacial score (nSPS) is 23.0. The monoisotopic (exact) mass is 234 g/mol. The largest absolute Gasteiger partial charge is 0.355 e. The molecule has 1 aliphatic carbocycles. The van der Waals surface area contributed by atoms with Crippen molar-refractivity contribution in [2.75, 3.05) is 19.6 Å². The van der Waals surface area contributed by atoms with Crippen LogP contribution in [0.2, 0.25) is 0 Å². The van der Waals surface area contributed by atoms with Gasteiger partial charge in [-0.25, -0.2) is 0 Å². The van der Waals surface area contributed by atoms with E-state index in [2.05, 4.69) is 28.9 Å². The van der Waals surface area contributed by atoms with Gasteiger partial charge in [0.05, 0.1) is 0 Å². The minimum Gasteiger partial charge on any atom is -0.355 e. The van der Waals surface area contributed by atoms with Gasteiger partial charge in [0.2, 0.25) is 5.91 Å². The molecular formula is C14H22N2O. The van der Waals surface area contributed by atoms with E-state index >= 15 is 0 Å². The maximum atomic E-state index is 11.2. The molecule has 94 valence electrons. The minimum absolute atomic E-state index is 0.0786. The molecule has 3 nitrogen and oxygen atoms in total. The van der Waals surface area contributed by atoms with E-state index in [1.165, 1.54) is 5.57 Å². The van der Waals surface area contributed by atoms with Gasteiger partial charge in [-0.2, -0.15) is 0 Å². The lowest BCUT2D eigenvalue weighted by molar-refractivity contribution is -0.119. The Hall–Kier alpha value is -1.09. The van der Waals surface area contributed by atoms with Crippen molar-refractivity contribution >= 4 is 5.91 Å². The lowest BCUT2D eigenvalue weighted by Crippen LogP contribution is -2.45. The molecule has 1 saturated heterocycles. The first-order valence-corrected chi connectivity index (χ1v) is 6.54. The zero-order chi connectivity index (χ0) is 12.1. The molecule has 0 aromatic rings. The predicted molar refractivity (Wildman–Crippen MR) is 69.7 cm³/mol. The molecule has 0 atom stereocenters. The first kappa shape index (κ1) is 12.4. The van der Waals surface area contributed by atoms with Crippen LogP contribution in [0.1, 0.15) is 32.6 Å². The molecule has 3 heteroatoms. The summed E-state index contributed by atoms with van der Waals surface area (Å²) in [5, 5.41) is 6.43. The summed E-state index contributed by atoms with van der Waals surface area (Å²) in [7, 11) is 0. The van der Waals surface area contributed by atoms with Crippen molar-refractivity contribution in [1.82, 2.24) is 10.6 Å². The summed E-state index contributed by atoms with van der Waals surface area (Å²) in [6.07, 6.45) is 11.2. The van der Waals surface area contributed by atoms with Gasteiger partial charge in [-0.3, -0.25) is 4.79 Å². The maximum absolute atomic E-state index is 11.2. The number of piperidine rings is 1. The van der Waals surface area contributed by atoms with Gasteiger partial charge < -0.3 is 10.6 Å². The third-order valence-electron chi connectivity index (χ3n) is 3.93. The van der Waals surface area contributed by atoms with E-state index in [0.29, 0.717) is 0 Å². The van der Waals surface area contributed by atoms with E-state index in [4.69, 9.17) is 0 Å². The van der Waals surface area contributed by atoms with Crippen LogP contribution < -0.4 is 10.6 Å². The highest BCUT2D eigenvalue weighted by Crippen LogP contribution is 2.39. The molecule has 0 unspecified atom stereocenters. The molecule has 0 spiro atoms. The predicted octanol–water partition coefficient (Wildman–Crippen LogP) is 1.77. The van der Waals surface area contributed by atoms with Crippen molar-refractivity contribution in [3.05, 3.63) is 23.8 Å². The summed E-state index contributed by atoms with van der Waals surface area (Å²) in [6.45, 7) is 4.51. The zero-order valence-corrected chi connectivity index (χ0v) is 10.6. The van der Waals surface area contributed by atoms with E-state index in [1.807, 2.05) is 0 Å². The summed E-state index contributed by atoms with van der Waals surface area (Å²) < 4.78 is 0. The number of hydrogen-bond donors (Lipinski definition) is 2. The Bertz CT molecular complexity index is 338. The molecular weight excluding hydrogens is 212 g/mol. The van der Waals surface area contributed by atoms with Crippen molar-refractivity contribution in [1.29, 1.82) is 0 Å². The van der Waals surface area contributed by atoms with Crippen LogP contribution >= 0.6 is 0 Å². The molecule has 17 heavy (non-hydrogen) atoms. The molecule has 1 amide bonds. The van der Waals surface area contributed by atoms with Gasteiger partial charge >= 0.3 is 0 Å². The SMILES string of the molecule is CC(=O)NCC1(C2=CC=CCC2)CCNCC1. The van der Waals surface area contributed by atoms with Gasteiger partial charge in [0.15, 0.2) is 0 Å². The summed E-state index contributed by atoms with van der Waals surface area (Å²) >= 11 is 0. The average molecular weight is 234 g/mol. The fourth-order valence-corrected chi connectivity index (χ4v) is 2.85. The van der Waals surface area contributed by atoms with Crippen LogP contribution in [0.4, 0.5) is 0 Å². The molecule has 0 aromatic heterocycles. The number of carbonyl (C=O) groups excluding carboxylic acids is 1. The lowest BCUT2D eigenvalue weighted by Gasteiger charge is -2.40. The average Bonchev–Trinajstić information content (AvgIpc) is 2.39. The topological polar surface area (TPSA) is 41.1 Å². The van der Waals surface area contributed by atoms with Crippen molar-refractivity contribution < 1.29 is 4.79 Å². The molecule has 2 N–H and O–H groups in total. The van der Waals surface area contributed by atoms with E-state index in [-0.39, 0.29) is 11.3 Å². The first-order chi connectivity index (χ1) is 8.23. The third kappa shape index (κ3) is 2.97. The second-order valence-electron chi connectivity index (χ2n) is 5.10. The van der Waals surface area contributed by atoms with Crippen LogP contribution in [0.5, 0.6) is 0 Å². The Kier molecular flexibility index (Phi) is 4.00. The molecule has 0 saturated carbocycles. The summed E-state index contributed by atoms with van der Waals surface area (Å²) in [4.78, 5) is 11.2. The van der Waals surface area contributed by atoms with Crippen LogP contribution in [0.3, 0.4) is 0 Å². The standard InChI is InChI=1S/C14H22N2O/c1-12(17)16-11-14(7-9-15-10-8-14)13-5-3-2-4-6-13/h2-3,5,15H,4,6-11H2,1H3,(H,16,17). The van der Waals surface area contributed by atoms with Gasteiger partial charge in [0.1, 0.15) is 0 Å². The zero-order valence-electron chi connectivity index (χ0n) is 10.6. The minimum atomic E-state index is 0.0786. The van der Waals surface area contributed by atoms with Crippen molar-refractivity contribution in [3.8, 4) is 0 Å². The second kappa shape index (κ2) is 5.50. The highest BCUT2D eigenvalue weighted by Gasteiger charge is 2.35. The van der Waals surface area contributed by atoms with Crippen molar-refractivity contribution in [2.24, 2.45) is 5.41 Å². The number of carbonyl (C=O) groups is 1. The Morgan fingerprint density at radius 2 is 2.24 bits per heavy atom. The van der Waals surface area contributed by atoms with Crippen LogP contribution in [-0.2, 0) is 4.79 Å². The third-order valence-corrected chi connectivity index (χ3v) is 3.93. The molecule has 2 rings (SSSR count). The fraction of sp³-hybridized carbons (Fsp3) is 0.643. The molecule has 0 radical (unpaired) electrons. The van der Waals surface area contributed by atoms with Crippen LogP contribution in [0.15, 0.2) is 23.8 Å². The van der Waals surface area contributed by atoms with Crippen LogP contribution in [0.25, 0.3) is 0 Å². The Labute approximate surface area is 103 Å². The smallest absolute Gasteiger partial charge is 0.216 e. The highest BCUT2D eigenvalue weighted by molar-refractivity contribution is 5.72. The van der Waals surface area contributed by atoms with Gasteiger partial charge in [-0.15, -0.1) is 0 Å². The number of amides is 1. The molecule has 1 heterocycles. The van der Waals surface area contributed by atoms with Crippen molar-refractivity contribution in [2.45, 2.75) is 32.6 Å². The fourth-order valence-electron chi connectivity index (χ4n) is 2.85. The number of hydrogen-bond acceptors (Lipinski definition) is 2. The molecule has 1 aliphatic heterocycles. The summed E-state index contributed by atoms with van der Waals surface area (Å²) in [6, 6.07) is 0. The Morgan fingerprint density at radius 3 is 2.82 bits per heavy atom. The number of nitrogens with one attached hydrogen (secondary N) is 2. The Balaban J connectivity index is 2.13. The van der Waals surface area contributed by atoms with Gasteiger partial charge in [-0.1, -0.05) is 23.8 Å². The van der Waals surface area contributed by atoms with Gasteiger partial charge in [-0.05, 0) is 38.8 Å². The maximum Gasteiger partial charge on any atom is 0.216 e. The van der Waals surface area contributed by atoms with Crippen molar-refractivity contribution in [3.63, 3.8) is 0 Å².